The maximum atomic E-state index is 13.8. The molecule has 2 aliphatic rings. The molecule has 2 aliphatic heterocycles. The summed E-state index contributed by atoms with van der Waals surface area (Å²) in [4.78, 5) is 37.0. The monoisotopic (exact) mass is 499 g/mol. The molecule has 5 rings (SSSR count). The molecule has 10 heteroatoms. The van der Waals surface area contributed by atoms with Gasteiger partial charge in [-0.1, -0.05) is 12.1 Å². The lowest BCUT2D eigenvalue weighted by molar-refractivity contribution is -0.137. The summed E-state index contributed by atoms with van der Waals surface area (Å²) in [5.41, 5.74) is 0.710. The van der Waals surface area contributed by atoms with Crippen LogP contribution in [0.1, 0.15) is 41.7 Å². The minimum Gasteiger partial charge on any atom is -0.337 e. The standard InChI is InChI=1S/C26H28F3N5O2/c1-32-23(25(36)34-14-10-20(11-15-34)33-12-2-3-13-33)22(18-6-9-21(35)30-16-18)31-24(32)17-4-7-19(8-5-17)26(27,28)29/h4-9,16,20H,2-3,10-15H2,1H3,(H,30,35). The number of carbonyl (C=O) groups is 1. The number of carbonyl (C=O) groups excluding carboxylic acids is 1. The normalized spacial score (nSPS) is 17.6. The molecule has 0 bridgehead atoms. The Morgan fingerprint density at radius 2 is 1.61 bits per heavy atom. The smallest absolute Gasteiger partial charge is 0.337 e. The van der Waals surface area contributed by atoms with E-state index in [1.165, 1.54) is 37.2 Å². The molecule has 0 atom stereocenters. The van der Waals surface area contributed by atoms with Crippen LogP contribution in [0, 0.1) is 0 Å². The third-order valence-electron chi connectivity index (χ3n) is 7.23. The molecule has 0 radical (unpaired) electrons. The van der Waals surface area contributed by atoms with Crippen LogP contribution in [0.4, 0.5) is 13.2 Å². The number of piperidine rings is 1. The molecule has 1 aromatic carbocycles. The predicted octanol–water partition coefficient (Wildman–Crippen LogP) is 4.16. The lowest BCUT2D eigenvalue weighted by Gasteiger charge is -2.36. The Labute approximate surface area is 206 Å². The molecule has 1 amide bonds. The van der Waals surface area contributed by atoms with Gasteiger partial charge in [0.2, 0.25) is 5.56 Å². The molecular weight excluding hydrogens is 471 g/mol. The van der Waals surface area contributed by atoms with Gasteiger partial charge in [-0.2, -0.15) is 13.2 Å². The highest BCUT2D eigenvalue weighted by molar-refractivity contribution is 5.99. The Hall–Kier alpha value is -3.40. The number of H-pyrrole nitrogens is 1. The molecule has 2 fully saturated rings. The Balaban J connectivity index is 1.48. The summed E-state index contributed by atoms with van der Waals surface area (Å²) in [6, 6.07) is 8.17. The number of imidazole rings is 1. The summed E-state index contributed by atoms with van der Waals surface area (Å²) in [6.45, 7) is 3.50. The number of hydrogen-bond donors (Lipinski definition) is 1. The fraction of sp³-hybridized carbons (Fsp3) is 0.423. The Kier molecular flexibility index (Phi) is 6.46. The number of alkyl halides is 3. The molecule has 190 valence electrons. The zero-order valence-electron chi connectivity index (χ0n) is 20.0. The molecule has 3 aromatic rings. The van der Waals surface area contributed by atoms with Gasteiger partial charge in [-0.05, 0) is 57.0 Å². The van der Waals surface area contributed by atoms with Crippen LogP contribution in [0.15, 0.2) is 47.4 Å². The summed E-state index contributed by atoms with van der Waals surface area (Å²) in [5, 5.41) is 0. The third kappa shape index (κ3) is 4.69. The molecule has 0 unspecified atom stereocenters. The number of rotatable bonds is 4. The van der Waals surface area contributed by atoms with Gasteiger partial charge in [0.1, 0.15) is 17.2 Å². The lowest BCUT2D eigenvalue weighted by atomic mass is 10.0. The van der Waals surface area contributed by atoms with Crippen LogP contribution in [0.25, 0.3) is 22.6 Å². The van der Waals surface area contributed by atoms with E-state index in [2.05, 4.69) is 14.9 Å². The average molecular weight is 500 g/mol. The van der Waals surface area contributed by atoms with Gasteiger partial charge in [-0.3, -0.25) is 9.59 Å². The van der Waals surface area contributed by atoms with Gasteiger partial charge in [0.05, 0.1) is 5.56 Å². The van der Waals surface area contributed by atoms with Crippen molar-refractivity contribution >= 4 is 5.91 Å². The first-order valence-corrected chi connectivity index (χ1v) is 12.2. The van der Waals surface area contributed by atoms with Crippen molar-refractivity contribution in [2.45, 2.75) is 37.9 Å². The average Bonchev–Trinajstić information content (AvgIpc) is 3.52. The van der Waals surface area contributed by atoms with Gasteiger partial charge < -0.3 is 19.4 Å². The van der Waals surface area contributed by atoms with E-state index in [1.54, 1.807) is 17.7 Å². The molecule has 0 saturated carbocycles. The van der Waals surface area contributed by atoms with Crippen molar-refractivity contribution < 1.29 is 18.0 Å². The summed E-state index contributed by atoms with van der Waals surface area (Å²) in [6.07, 6.45) is 1.32. The van der Waals surface area contributed by atoms with Crippen molar-refractivity contribution in [2.24, 2.45) is 7.05 Å². The van der Waals surface area contributed by atoms with Crippen LogP contribution in [0.5, 0.6) is 0 Å². The van der Waals surface area contributed by atoms with E-state index < -0.39 is 11.7 Å². The number of amides is 1. The van der Waals surface area contributed by atoms with Crippen molar-refractivity contribution in [1.82, 2.24) is 24.3 Å². The van der Waals surface area contributed by atoms with Crippen LogP contribution < -0.4 is 5.56 Å². The first-order valence-electron chi connectivity index (χ1n) is 12.2. The van der Waals surface area contributed by atoms with Crippen molar-refractivity contribution in [1.29, 1.82) is 0 Å². The van der Waals surface area contributed by atoms with Crippen molar-refractivity contribution in [2.75, 3.05) is 26.2 Å². The highest BCUT2D eigenvalue weighted by Gasteiger charge is 2.33. The van der Waals surface area contributed by atoms with E-state index in [0.29, 0.717) is 47.5 Å². The molecule has 36 heavy (non-hydrogen) atoms. The number of nitrogens with one attached hydrogen (secondary N) is 1. The van der Waals surface area contributed by atoms with Gasteiger partial charge in [-0.15, -0.1) is 0 Å². The van der Waals surface area contributed by atoms with E-state index in [0.717, 1.165) is 38.1 Å². The van der Waals surface area contributed by atoms with Gasteiger partial charge in [-0.25, -0.2) is 4.98 Å². The highest BCUT2D eigenvalue weighted by atomic mass is 19.4. The van der Waals surface area contributed by atoms with E-state index >= 15 is 0 Å². The number of benzene rings is 1. The largest absolute Gasteiger partial charge is 0.416 e. The zero-order chi connectivity index (χ0) is 25.4. The van der Waals surface area contributed by atoms with Crippen LogP contribution in [-0.4, -0.2) is 62.5 Å². The van der Waals surface area contributed by atoms with Gasteiger partial charge >= 0.3 is 6.18 Å². The molecule has 7 nitrogen and oxygen atoms in total. The van der Waals surface area contributed by atoms with E-state index in [4.69, 9.17) is 0 Å². The zero-order valence-corrected chi connectivity index (χ0v) is 20.0. The molecule has 2 aromatic heterocycles. The second-order valence-electron chi connectivity index (χ2n) is 9.47. The first-order chi connectivity index (χ1) is 17.2. The third-order valence-corrected chi connectivity index (χ3v) is 7.23. The molecule has 2 saturated heterocycles. The number of likely N-dealkylation sites (tertiary alicyclic amines) is 2. The SMILES string of the molecule is Cn1c(-c2ccc(C(F)(F)F)cc2)nc(-c2ccc(=O)[nH]c2)c1C(=O)N1CCC(N2CCCC2)CC1. The summed E-state index contributed by atoms with van der Waals surface area (Å²) >= 11 is 0. The maximum absolute atomic E-state index is 13.8. The van der Waals surface area contributed by atoms with Crippen LogP contribution in [0.3, 0.4) is 0 Å². The second kappa shape index (κ2) is 9.57. The number of nitrogens with zero attached hydrogens (tertiary/aromatic N) is 4. The molecule has 1 N–H and O–H groups in total. The number of aromatic nitrogens is 3. The molecule has 0 aliphatic carbocycles. The topological polar surface area (TPSA) is 74.2 Å². The molecule has 0 spiro atoms. The lowest BCUT2D eigenvalue weighted by Crippen LogP contribution is -2.46. The number of pyridine rings is 1. The van der Waals surface area contributed by atoms with Crippen LogP contribution in [-0.2, 0) is 13.2 Å². The summed E-state index contributed by atoms with van der Waals surface area (Å²) in [5.74, 6) is 0.199. The Morgan fingerprint density at radius 3 is 2.19 bits per heavy atom. The van der Waals surface area contributed by atoms with Gasteiger partial charge in [0.15, 0.2) is 0 Å². The minimum absolute atomic E-state index is 0.177. The van der Waals surface area contributed by atoms with Crippen LogP contribution in [0.2, 0.25) is 0 Å². The van der Waals surface area contributed by atoms with Crippen molar-refractivity contribution in [3.05, 3.63) is 64.2 Å². The maximum Gasteiger partial charge on any atom is 0.416 e. The van der Waals surface area contributed by atoms with Crippen LogP contribution >= 0.6 is 0 Å². The number of aromatic amines is 1. The summed E-state index contributed by atoms with van der Waals surface area (Å²) in [7, 11) is 1.69. The number of halogens is 3. The molecular formula is C26H28F3N5O2. The fourth-order valence-electron chi connectivity index (χ4n) is 5.26. The summed E-state index contributed by atoms with van der Waals surface area (Å²) < 4.78 is 40.8. The van der Waals surface area contributed by atoms with Crippen molar-refractivity contribution in [3.8, 4) is 22.6 Å². The first kappa shape index (κ1) is 24.3. The van der Waals surface area contributed by atoms with E-state index in [1.807, 2.05) is 4.90 Å². The molecule has 4 heterocycles. The van der Waals surface area contributed by atoms with E-state index in [9.17, 15) is 22.8 Å². The fourth-order valence-corrected chi connectivity index (χ4v) is 5.26. The number of hydrogen-bond acceptors (Lipinski definition) is 4. The van der Waals surface area contributed by atoms with Gasteiger partial charge in [0, 0.05) is 49.6 Å². The Morgan fingerprint density at radius 1 is 0.972 bits per heavy atom. The second-order valence-corrected chi connectivity index (χ2v) is 9.47. The van der Waals surface area contributed by atoms with Gasteiger partial charge in [0.25, 0.3) is 5.91 Å². The quantitative estimate of drug-likeness (QED) is 0.585. The predicted molar refractivity (Wildman–Crippen MR) is 129 cm³/mol. The van der Waals surface area contributed by atoms with E-state index in [-0.39, 0.29) is 11.5 Å². The Bertz CT molecular complexity index is 1280. The highest BCUT2D eigenvalue weighted by Crippen LogP contribution is 2.33. The minimum atomic E-state index is -4.44. The van der Waals surface area contributed by atoms with Crippen molar-refractivity contribution in [3.63, 3.8) is 0 Å².